The first-order valence-corrected chi connectivity index (χ1v) is 5.19. The highest BCUT2D eigenvalue weighted by atomic mass is 16.6. The van der Waals surface area contributed by atoms with Crippen LogP contribution in [0.4, 0.5) is 5.69 Å². The Morgan fingerprint density at radius 1 is 0.882 bits per heavy atom. The Hall–Kier alpha value is -2.49. The van der Waals surface area contributed by atoms with E-state index in [1.54, 1.807) is 36.4 Å². The van der Waals surface area contributed by atoms with Crippen LogP contribution in [0.2, 0.25) is 0 Å². The average Bonchev–Trinajstić information content (AvgIpc) is 2.35. The fraction of sp³-hybridized carbons (Fsp3) is 0. The normalized spacial score (nSPS) is 10.8. The molecule has 0 atom stereocenters. The molecule has 0 aliphatic carbocycles. The summed E-state index contributed by atoms with van der Waals surface area (Å²) in [6, 6.07) is 14.3. The fourth-order valence-corrected chi connectivity index (χ4v) is 2.01. The molecule has 1 aromatic heterocycles. The number of rotatable bonds is 1. The minimum atomic E-state index is -0.341. The van der Waals surface area contributed by atoms with Crippen molar-refractivity contribution in [2.24, 2.45) is 0 Å². The quantitative estimate of drug-likeness (QED) is 0.362. The minimum Gasteiger partial charge on any atom is -0.258 e. The van der Waals surface area contributed by atoms with Gasteiger partial charge in [-0.2, -0.15) is 0 Å². The van der Waals surface area contributed by atoms with E-state index < -0.39 is 0 Å². The van der Waals surface area contributed by atoms with E-state index in [1.165, 1.54) is 0 Å². The van der Waals surface area contributed by atoms with Gasteiger partial charge in [0.2, 0.25) is 0 Å². The van der Waals surface area contributed by atoms with E-state index in [4.69, 9.17) is 0 Å². The van der Waals surface area contributed by atoms with Gasteiger partial charge in [-0.25, -0.2) is 4.98 Å². The van der Waals surface area contributed by atoms with E-state index >= 15 is 0 Å². The standard InChI is InChI=1S/C13H8N2O2/c16-15(17)13-9-5-1-3-7-11(9)14-12-8-4-2-6-10(12)13/h1-8H. The van der Waals surface area contributed by atoms with Crippen molar-refractivity contribution in [1.29, 1.82) is 0 Å². The molecule has 82 valence electrons. The molecule has 0 N–H and O–H groups in total. The molecule has 0 aliphatic heterocycles. The van der Waals surface area contributed by atoms with Gasteiger partial charge in [-0.1, -0.05) is 24.3 Å². The summed E-state index contributed by atoms with van der Waals surface area (Å²) in [6.45, 7) is 0. The first kappa shape index (κ1) is 9.72. The number of nitrogens with zero attached hydrogens (tertiary/aromatic N) is 2. The van der Waals surface area contributed by atoms with Gasteiger partial charge in [0.05, 0.1) is 26.7 Å². The Bertz CT molecular complexity index is 684. The summed E-state index contributed by atoms with van der Waals surface area (Å²) < 4.78 is 0. The van der Waals surface area contributed by atoms with Crippen LogP contribution in [0.1, 0.15) is 0 Å². The zero-order valence-electron chi connectivity index (χ0n) is 8.83. The molecule has 0 fully saturated rings. The van der Waals surface area contributed by atoms with Crippen LogP contribution in [0.15, 0.2) is 48.5 Å². The number of pyridine rings is 1. The van der Waals surface area contributed by atoms with Crippen molar-refractivity contribution in [2.75, 3.05) is 0 Å². The lowest BCUT2D eigenvalue weighted by molar-refractivity contribution is -0.381. The van der Waals surface area contributed by atoms with Crippen LogP contribution in [0, 0.1) is 10.1 Å². The number of fused-ring (bicyclic) bond motifs is 2. The molecule has 3 aromatic rings. The highest BCUT2D eigenvalue weighted by Crippen LogP contribution is 2.31. The Morgan fingerprint density at radius 3 is 1.82 bits per heavy atom. The van der Waals surface area contributed by atoms with Crippen LogP contribution < -0.4 is 0 Å². The molecular weight excluding hydrogens is 216 g/mol. The minimum absolute atomic E-state index is 0.131. The monoisotopic (exact) mass is 224 g/mol. The van der Waals surface area contributed by atoms with Gasteiger partial charge in [0.25, 0.3) is 5.69 Å². The summed E-state index contributed by atoms with van der Waals surface area (Å²) in [5.74, 6) is 0. The molecule has 0 saturated heterocycles. The third-order valence-electron chi connectivity index (χ3n) is 2.74. The maximum atomic E-state index is 11.2. The fourth-order valence-electron chi connectivity index (χ4n) is 2.01. The van der Waals surface area contributed by atoms with Crippen LogP contribution in [0.5, 0.6) is 0 Å². The topological polar surface area (TPSA) is 56.0 Å². The van der Waals surface area contributed by atoms with Gasteiger partial charge < -0.3 is 0 Å². The second-order valence-electron chi connectivity index (χ2n) is 3.75. The lowest BCUT2D eigenvalue weighted by Crippen LogP contribution is -1.93. The van der Waals surface area contributed by atoms with Gasteiger partial charge in [-0.15, -0.1) is 0 Å². The van der Waals surface area contributed by atoms with E-state index in [9.17, 15) is 10.1 Å². The molecule has 0 aliphatic rings. The van der Waals surface area contributed by atoms with E-state index in [2.05, 4.69) is 4.98 Å². The highest BCUT2D eigenvalue weighted by molar-refractivity contribution is 6.03. The SMILES string of the molecule is O=[N+]([O-])c1c2ccccc2nc2ccccc12. The number of nitro groups is 1. The smallest absolute Gasteiger partial charge is 0.258 e. The summed E-state index contributed by atoms with van der Waals surface area (Å²) in [5.41, 5.74) is 1.43. The third-order valence-corrected chi connectivity index (χ3v) is 2.74. The molecular formula is C13H8N2O2. The maximum absolute atomic E-state index is 11.2. The molecule has 4 heteroatoms. The maximum Gasteiger partial charge on any atom is 0.288 e. The number of aromatic nitrogens is 1. The van der Waals surface area contributed by atoms with Gasteiger partial charge in [0.1, 0.15) is 0 Å². The second-order valence-corrected chi connectivity index (χ2v) is 3.75. The summed E-state index contributed by atoms with van der Waals surface area (Å²) in [6.07, 6.45) is 0. The molecule has 3 rings (SSSR count). The summed E-state index contributed by atoms with van der Waals surface area (Å²) in [7, 11) is 0. The summed E-state index contributed by atoms with van der Waals surface area (Å²) >= 11 is 0. The van der Waals surface area contributed by atoms with Crippen molar-refractivity contribution in [3.05, 3.63) is 58.6 Å². The predicted octanol–water partition coefficient (Wildman–Crippen LogP) is 3.30. The van der Waals surface area contributed by atoms with Crippen LogP contribution in [-0.2, 0) is 0 Å². The molecule has 4 nitrogen and oxygen atoms in total. The summed E-state index contributed by atoms with van der Waals surface area (Å²) in [4.78, 5) is 15.3. The first-order chi connectivity index (χ1) is 8.27. The van der Waals surface area contributed by atoms with Gasteiger partial charge >= 0.3 is 0 Å². The van der Waals surface area contributed by atoms with Crippen molar-refractivity contribution < 1.29 is 4.92 Å². The van der Waals surface area contributed by atoms with Crippen molar-refractivity contribution in [3.63, 3.8) is 0 Å². The van der Waals surface area contributed by atoms with Gasteiger partial charge in [0, 0.05) is 0 Å². The zero-order valence-corrected chi connectivity index (χ0v) is 8.83. The highest BCUT2D eigenvalue weighted by Gasteiger charge is 2.17. The molecule has 0 amide bonds. The molecule has 0 unspecified atom stereocenters. The number of hydrogen-bond acceptors (Lipinski definition) is 3. The van der Waals surface area contributed by atoms with Crippen molar-refractivity contribution in [2.45, 2.75) is 0 Å². The first-order valence-electron chi connectivity index (χ1n) is 5.19. The summed E-state index contributed by atoms with van der Waals surface area (Å²) in [5, 5.41) is 12.4. The van der Waals surface area contributed by atoms with Crippen LogP contribution in [0.25, 0.3) is 21.8 Å². The number of hydrogen-bond donors (Lipinski definition) is 0. The van der Waals surface area contributed by atoms with E-state index in [-0.39, 0.29) is 10.6 Å². The van der Waals surface area contributed by atoms with E-state index in [0.717, 1.165) is 0 Å². The largest absolute Gasteiger partial charge is 0.288 e. The van der Waals surface area contributed by atoms with Gasteiger partial charge in [0.15, 0.2) is 0 Å². The van der Waals surface area contributed by atoms with Crippen molar-refractivity contribution in [1.82, 2.24) is 4.98 Å². The molecule has 0 saturated carbocycles. The molecule has 1 heterocycles. The second kappa shape index (κ2) is 3.52. The molecule has 0 radical (unpaired) electrons. The van der Waals surface area contributed by atoms with Gasteiger partial charge in [-0.05, 0) is 24.3 Å². The van der Waals surface area contributed by atoms with Crippen LogP contribution in [0.3, 0.4) is 0 Å². The Balaban J connectivity index is 2.61. The lowest BCUT2D eigenvalue weighted by atomic mass is 10.1. The third kappa shape index (κ3) is 1.42. The number of para-hydroxylation sites is 2. The molecule has 17 heavy (non-hydrogen) atoms. The van der Waals surface area contributed by atoms with Crippen LogP contribution >= 0.6 is 0 Å². The molecule has 0 bridgehead atoms. The molecule has 0 spiro atoms. The molecule has 2 aromatic carbocycles. The van der Waals surface area contributed by atoms with E-state index in [0.29, 0.717) is 21.8 Å². The Labute approximate surface area is 96.7 Å². The predicted molar refractivity (Wildman–Crippen MR) is 65.9 cm³/mol. The van der Waals surface area contributed by atoms with Gasteiger partial charge in [-0.3, -0.25) is 10.1 Å². The van der Waals surface area contributed by atoms with Crippen LogP contribution in [-0.4, -0.2) is 9.91 Å². The van der Waals surface area contributed by atoms with Crippen molar-refractivity contribution in [3.8, 4) is 0 Å². The average molecular weight is 224 g/mol. The Kier molecular flexibility index (Phi) is 2.01. The zero-order chi connectivity index (χ0) is 11.8. The Morgan fingerprint density at radius 2 is 1.35 bits per heavy atom. The number of benzene rings is 2. The van der Waals surface area contributed by atoms with Crippen molar-refractivity contribution >= 4 is 27.5 Å². The lowest BCUT2D eigenvalue weighted by Gasteiger charge is -2.03. The van der Waals surface area contributed by atoms with E-state index in [1.807, 2.05) is 12.1 Å².